The predicted octanol–water partition coefficient (Wildman–Crippen LogP) is 2.56. The van der Waals surface area contributed by atoms with Crippen LogP contribution in [0.4, 0.5) is 13.2 Å². The molecule has 5 nitrogen and oxygen atoms in total. The number of sulfone groups is 1. The summed E-state index contributed by atoms with van der Waals surface area (Å²) in [5.41, 5.74) is 0.0731. The topological polar surface area (TPSA) is 69.0 Å². The van der Waals surface area contributed by atoms with Crippen LogP contribution in [0.5, 0.6) is 0 Å². The zero-order chi connectivity index (χ0) is 21.5. The number of rotatable bonds is 2. The van der Waals surface area contributed by atoms with Crippen molar-refractivity contribution in [1.82, 2.24) is 9.78 Å². The molecular formula is C21H13F3N2O3S. The molecule has 1 aromatic heterocycles. The van der Waals surface area contributed by atoms with Gasteiger partial charge in [-0.05, 0) is 42.0 Å². The van der Waals surface area contributed by atoms with Gasteiger partial charge in [-0.25, -0.2) is 8.42 Å². The van der Waals surface area contributed by atoms with E-state index >= 15 is 0 Å². The minimum absolute atomic E-state index is 0.0163. The molecule has 1 aliphatic heterocycles. The molecule has 0 N–H and O–H groups in total. The van der Waals surface area contributed by atoms with E-state index in [9.17, 15) is 26.4 Å². The first-order valence-corrected chi connectivity index (χ1v) is 10.3. The van der Waals surface area contributed by atoms with Crippen molar-refractivity contribution in [3.8, 4) is 0 Å². The Morgan fingerprint density at radius 1 is 1.00 bits per heavy atom. The Bertz CT molecular complexity index is 1390. The van der Waals surface area contributed by atoms with Gasteiger partial charge in [-0.2, -0.15) is 23.0 Å². The molecule has 0 unspecified atom stereocenters. The van der Waals surface area contributed by atoms with Crippen molar-refractivity contribution in [2.24, 2.45) is 0 Å². The largest absolute Gasteiger partial charge is 0.416 e. The SMILES string of the molecule is O=C(c1ccc(C(F)(F)F)cc1)n1nc2c(c1=Cc1ccccc1)=CS(=O)(=O)C=C2. The van der Waals surface area contributed by atoms with Gasteiger partial charge in [-0.15, -0.1) is 0 Å². The molecule has 9 heteroatoms. The van der Waals surface area contributed by atoms with E-state index in [4.69, 9.17) is 0 Å². The number of nitrogens with zero attached hydrogens (tertiary/aromatic N) is 2. The van der Waals surface area contributed by atoms with Crippen LogP contribution >= 0.6 is 0 Å². The first-order valence-electron chi connectivity index (χ1n) is 8.67. The fourth-order valence-corrected chi connectivity index (χ4v) is 3.96. The summed E-state index contributed by atoms with van der Waals surface area (Å²) in [4.78, 5) is 13.0. The van der Waals surface area contributed by atoms with E-state index in [0.29, 0.717) is 5.56 Å². The first kappa shape index (κ1) is 19.8. The second-order valence-corrected chi connectivity index (χ2v) is 8.23. The van der Waals surface area contributed by atoms with Gasteiger partial charge in [0.1, 0.15) is 0 Å². The van der Waals surface area contributed by atoms with Crippen LogP contribution in [0, 0.1) is 0 Å². The van der Waals surface area contributed by atoms with Gasteiger partial charge >= 0.3 is 6.18 Å². The Morgan fingerprint density at radius 2 is 1.67 bits per heavy atom. The van der Waals surface area contributed by atoms with Gasteiger partial charge in [0.25, 0.3) is 5.91 Å². The lowest BCUT2D eigenvalue weighted by molar-refractivity contribution is -0.137. The Labute approximate surface area is 169 Å². The third-order valence-corrected chi connectivity index (χ3v) is 5.52. The molecular weight excluding hydrogens is 417 g/mol. The third kappa shape index (κ3) is 3.84. The zero-order valence-corrected chi connectivity index (χ0v) is 16.0. The number of alkyl halides is 3. The van der Waals surface area contributed by atoms with E-state index in [0.717, 1.165) is 39.8 Å². The monoisotopic (exact) mass is 430 g/mol. The molecule has 152 valence electrons. The Balaban J connectivity index is 1.91. The van der Waals surface area contributed by atoms with E-state index < -0.39 is 27.5 Å². The van der Waals surface area contributed by atoms with Crippen molar-refractivity contribution in [3.63, 3.8) is 0 Å². The Morgan fingerprint density at radius 3 is 2.30 bits per heavy atom. The fraction of sp³-hybridized carbons (Fsp3) is 0.0476. The molecule has 0 saturated heterocycles. The lowest BCUT2D eigenvalue weighted by Gasteiger charge is -2.07. The molecule has 30 heavy (non-hydrogen) atoms. The summed E-state index contributed by atoms with van der Waals surface area (Å²) in [5, 5.41) is 6.63. The molecule has 0 radical (unpaired) electrons. The van der Waals surface area contributed by atoms with Crippen LogP contribution in [0.3, 0.4) is 0 Å². The number of carbonyl (C=O) groups excluding carboxylic acids is 1. The normalized spacial score (nSPS) is 15.5. The third-order valence-electron chi connectivity index (χ3n) is 4.44. The lowest BCUT2D eigenvalue weighted by Crippen LogP contribution is -2.35. The van der Waals surface area contributed by atoms with E-state index in [1.165, 1.54) is 6.08 Å². The quantitative estimate of drug-likeness (QED) is 0.627. The number of fused-ring (bicyclic) bond motifs is 1. The van der Waals surface area contributed by atoms with E-state index in [-0.39, 0.29) is 21.8 Å². The lowest BCUT2D eigenvalue weighted by atomic mass is 10.1. The minimum atomic E-state index is -4.52. The number of aromatic nitrogens is 2. The van der Waals surface area contributed by atoms with Gasteiger partial charge in [0, 0.05) is 21.6 Å². The molecule has 2 heterocycles. The predicted molar refractivity (Wildman–Crippen MR) is 105 cm³/mol. The summed E-state index contributed by atoms with van der Waals surface area (Å²) in [7, 11) is -3.63. The first-order chi connectivity index (χ1) is 14.1. The van der Waals surface area contributed by atoms with E-state index in [2.05, 4.69) is 5.10 Å². The molecule has 0 saturated carbocycles. The van der Waals surface area contributed by atoms with Crippen molar-refractivity contribution < 1.29 is 26.4 Å². The maximum absolute atomic E-state index is 13.0. The molecule has 0 spiro atoms. The second kappa shape index (κ2) is 7.10. The number of carbonyl (C=O) groups is 1. The maximum Gasteiger partial charge on any atom is 0.416 e. The van der Waals surface area contributed by atoms with Crippen molar-refractivity contribution in [1.29, 1.82) is 0 Å². The molecule has 0 atom stereocenters. The summed E-state index contributed by atoms with van der Waals surface area (Å²) in [6.07, 6.45) is -1.64. The van der Waals surface area contributed by atoms with Crippen LogP contribution in [0.2, 0.25) is 0 Å². The van der Waals surface area contributed by atoms with E-state index in [1.54, 1.807) is 36.4 Å². The number of hydrogen-bond donors (Lipinski definition) is 0. The fourth-order valence-electron chi connectivity index (χ4n) is 2.99. The van der Waals surface area contributed by atoms with Gasteiger partial charge < -0.3 is 0 Å². The highest BCUT2D eigenvalue weighted by Gasteiger charge is 2.30. The summed E-state index contributed by atoms with van der Waals surface area (Å²) in [6, 6.07) is 12.6. The van der Waals surface area contributed by atoms with E-state index in [1.807, 2.05) is 0 Å². The van der Waals surface area contributed by atoms with Gasteiger partial charge in [-0.3, -0.25) is 4.79 Å². The highest BCUT2D eigenvalue weighted by Crippen LogP contribution is 2.29. The molecule has 4 rings (SSSR count). The highest BCUT2D eigenvalue weighted by molar-refractivity contribution is 8.01. The number of halogens is 3. The molecule has 2 aromatic carbocycles. The Kier molecular flexibility index (Phi) is 4.70. The van der Waals surface area contributed by atoms with Gasteiger partial charge in [-0.1, -0.05) is 30.3 Å². The number of benzene rings is 2. The highest BCUT2D eigenvalue weighted by atomic mass is 32.2. The second-order valence-electron chi connectivity index (χ2n) is 6.54. The van der Waals surface area contributed by atoms with Crippen LogP contribution in [0.25, 0.3) is 17.6 Å². The van der Waals surface area contributed by atoms with Crippen LogP contribution in [0.15, 0.2) is 60.0 Å². The Hall–Kier alpha value is -3.46. The maximum atomic E-state index is 13.0. The summed E-state index contributed by atoms with van der Waals surface area (Å²) in [6.45, 7) is 0. The minimum Gasteiger partial charge on any atom is -0.267 e. The van der Waals surface area contributed by atoms with Crippen LogP contribution in [-0.2, 0) is 16.0 Å². The standard InChI is InChI=1S/C21H13F3N2O3S/c22-21(23,24)16-8-6-15(7-9-16)20(27)26-19(12-14-4-2-1-3-5-14)17-13-30(28,29)11-10-18(17)25-26/h1-13H. The van der Waals surface area contributed by atoms with Crippen molar-refractivity contribution >= 4 is 33.3 Å². The molecule has 0 aliphatic carbocycles. The molecule has 1 aliphatic rings. The van der Waals surface area contributed by atoms with Crippen LogP contribution in [0.1, 0.15) is 27.2 Å². The van der Waals surface area contributed by atoms with Crippen LogP contribution in [-0.4, -0.2) is 24.1 Å². The van der Waals surface area contributed by atoms with Gasteiger partial charge in [0.15, 0.2) is 9.84 Å². The van der Waals surface area contributed by atoms with Crippen molar-refractivity contribution in [2.45, 2.75) is 6.18 Å². The van der Waals surface area contributed by atoms with Crippen molar-refractivity contribution in [3.05, 3.63) is 93.0 Å². The summed E-state index contributed by atoms with van der Waals surface area (Å²) >= 11 is 0. The smallest absolute Gasteiger partial charge is 0.267 e. The average Bonchev–Trinajstić information content (AvgIpc) is 3.04. The van der Waals surface area contributed by atoms with Crippen molar-refractivity contribution in [2.75, 3.05) is 0 Å². The molecule has 0 bridgehead atoms. The number of hydrogen-bond acceptors (Lipinski definition) is 4. The van der Waals surface area contributed by atoms with Gasteiger partial charge in [0.2, 0.25) is 0 Å². The molecule has 0 amide bonds. The summed E-state index contributed by atoms with van der Waals surface area (Å²) in [5.74, 6) is -0.681. The zero-order valence-electron chi connectivity index (χ0n) is 15.2. The summed E-state index contributed by atoms with van der Waals surface area (Å²) < 4.78 is 63.4. The average molecular weight is 430 g/mol. The van der Waals surface area contributed by atoms with Crippen LogP contribution < -0.4 is 10.6 Å². The molecule has 3 aromatic rings. The molecule has 0 fully saturated rings. The van der Waals surface area contributed by atoms with Gasteiger partial charge in [0.05, 0.1) is 16.6 Å².